The molecule has 26 heavy (non-hydrogen) atoms. The Morgan fingerprint density at radius 3 is 2.96 bits per heavy atom. The van der Waals surface area contributed by atoms with E-state index < -0.39 is 4.92 Å². The van der Waals surface area contributed by atoms with Gasteiger partial charge in [0.05, 0.1) is 29.3 Å². The summed E-state index contributed by atoms with van der Waals surface area (Å²) in [6.07, 6.45) is 1.95. The first-order chi connectivity index (χ1) is 12.6. The number of aromatic nitrogens is 1. The van der Waals surface area contributed by atoms with Crippen molar-refractivity contribution in [2.24, 2.45) is 0 Å². The molecule has 1 saturated heterocycles. The van der Waals surface area contributed by atoms with Gasteiger partial charge in [0, 0.05) is 31.9 Å². The average Bonchev–Trinajstić information content (AvgIpc) is 2.66. The zero-order valence-electron chi connectivity index (χ0n) is 14.4. The van der Waals surface area contributed by atoms with Crippen LogP contribution in [0.4, 0.5) is 17.2 Å². The summed E-state index contributed by atoms with van der Waals surface area (Å²) in [7, 11) is 0. The van der Waals surface area contributed by atoms with E-state index in [0.29, 0.717) is 18.8 Å². The molecule has 134 valence electrons. The fourth-order valence-electron chi connectivity index (χ4n) is 2.83. The van der Waals surface area contributed by atoms with Gasteiger partial charge in [-0.3, -0.25) is 10.1 Å². The van der Waals surface area contributed by atoms with Crippen LogP contribution >= 0.6 is 0 Å². The molecule has 1 atom stereocenters. The van der Waals surface area contributed by atoms with Crippen molar-refractivity contribution in [2.75, 3.05) is 29.9 Å². The Morgan fingerprint density at radius 1 is 1.46 bits per heavy atom. The van der Waals surface area contributed by atoms with E-state index in [1.54, 1.807) is 18.3 Å². The molecule has 1 fully saturated rings. The van der Waals surface area contributed by atoms with Crippen molar-refractivity contribution in [3.8, 4) is 6.07 Å². The van der Waals surface area contributed by atoms with E-state index in [4.69, 9.17) is 10.00 Å². The quantitative estimate of drug-likeness (QED) is 0.651. The van der Waals surface area contributed by atoms with Gasteiger partial charge in [-0.1, -0.05) is 6.07 Å². The fraction of sp³-hybridized carbons (Fsp3) is 0.333. The summed E-state index contributed by atoms with van der Waals surface area (Å²) in [5.41, 5.74) is 1.43. The van der Waals surface area contributed by atoms with Crippen molar-refractivity contribution in [2.45, 2.75) is 19.6 Å². The van der Waals surface area contributed by atoms with Gasteiger partial charge in [0.1, 0.15) is 11.5 Å². The summed E-state index contributed by atoms with van der Waals surface area (Å²) in [5.74, 6) is 0.897. The SMILES string of the molecule is CC1CN(c2ccc(CNc3ccc(C#N)cc3[N+](=O)[O-])cn2)CCO1. The van der Waals surface area contributed by atoms with Crippen LogP contribution in [-0.4, -0.2) is 35.7 Å². The molecule has 1 aliphatic rings. The lowest BCUT2D eigenvalue weighted by molar-refractivity contribution is -0.384. The lowest BCUT2D eigenvalue weighted by Crippen LogP contribution is -2.41. The molecule has 2 aromatic rings. The van der Waals surface area contributed by atoms with Crippen LogP contribution in [0.1, 0.15) is 18.1 Å². The van der Waals surface area contributed by atoms with E-state index in [1.165, 1.54) is 6.07 Å². The second kappa shape index (κ2) is 7.80. The van der Waals surface area contributed by atoms with Crippen LogP contribution < -0.4 is 10.2 Å². The molecule has 8 nitrogen and oxygen atoms in total. The maximum atomic E-state index is 11.2. The number of hydrogen-bond donors (Lipinski definition) is 1. The Balaban J connectivity index is 1.67. The van der Waals surface area contributed by atoms with Crippen LogP contribution in [0.2, 0.25) is 0 Å². The van der Waals surface area contributed by atoms with Gasteiger partial charge >= 0.3 is 0 Å². The number of nitriles is 1. The van der Waals surface area contributed by atoms with E-state index in [1.807, 2.05) is 25.1 Å². The van der Waals surface area contributed by atoms with Crippen molar-refractivity contribution in [3.05, 3.63) is 57.8 Å². The van der Waals surface area contributed by atoms with Crippen LogP contribution in [-0.2, 0) is 11.3 Å². The first-order valence-corrected chi connectivity index (χ1v) is 8.30. The van der Waals surface area contributed by atoms with Gasteiger partial charge in [-0.2, -0.15) is 5.26 Å². The summed E-state index contributed by atoms with van der Waals surface area (Å²) in [6.45, 7) is 4.75. The van der Waals surface area contributed by atoms with Gasteiger partial charge < -0.3 is 15.0 Å². The summed E-state index contributed by atoms with van der Waals surface area (Å²) >= 11 is 0. The molecule has 8 heteroatoms. The normalized spacial score (nSPS) is 16.8. The van der Waals surface area contributed by atoms with Gasteiger partial charge in [-0.15, -0.1) is 0 Å². The average molecular weight is 353 g/mol. The van der Waals surface area contributed by atoms with E-state index in [0.717, 1.165) is 24.5 Å². The minimum absolute atomic E-state index is 0.115. The molecule has 1 aromatic heterocycles. The topological polar surface area (TPSA) is 104 Å². The molecule has 1 N–H and O–H groups in total. The second-order valence-electron chi connectivity index (χ2n) is 6.11. The molecular weight excluding hydrogens is 334 g/mol. The Bertz CT molecular complexity index is 832. The number of benzene rings is 1. The van der Waals surface area contributed by atoms with Gasteiger partial charge in [-0.25, -0.2) is 4.98 Å². The van der Waals surface area contributed by atoms with Crippen LogP contribution in [0.15, 0.2) is 36.5 Å². The number of nitro groups is 1. The zero-order chi connectivity index (χ0) is 18.5. The van der Waals surface area contributed by atoms with Gasteiger partial charge in [0.15, 0.2) is 0 Å². The smallest absolute Gasteiger partial charge is 0.293 e. The Labute approximate surface area is 151 Å². The van der Waals surface area contributed by atoms with E-state index in [2.05, 4.69) is 15.2 Å². The van der Waals surface area contributed by atoms with Crippen molar-refractivity contribution < 1.29 is 9.66 Å². The number of hydrogen-bond acceptors (Lipinski definition) is 7. The van der Waals surface area contributed by atoms with E-state index in [9.17, 15) is 10.1 Å². The number of morpholine rings is 1. The number of rotatable bonds is 5. The van der Waals surface area contributed by atoms with Gasteiger partial charge in [-0.05, 0) is 30.7 Å². The Morgan fingerprint density at radius 2 is 2.31 bits per heavy atom. The van der Waals surface area contributed by atoms with Crippen molar-refractivity contribution in [1.82, 2.24) is 4.98 Å². The number of ether oxygens (including phenoxy) is 1. The third-order valence-corrected chi connectivity index (χ3v) is 4.18. The molecule has 1 unspecified atom stereocenters. The van der Waals surface area contributed by atoms with Crippen molar-refractivity contribution in [3.63, 3.8) is 0 Å². The minimum Gasteiger partial charge on any atom is -0.375 e. The predicted octanol–water partition coefficient (Wildman–Crippen LogP) is 2.70. The summed E-state index contributed by atoms with van der Waals surface area (Å²) in [5, 5.41) is 23.1. The van der Waals surface area contributed by atoms with Crippen LogP contribution in [0.5, 0.6) is 0 Å². The maximum absolute atomic E-state index is 11.2. The van der Waals surface area contributed by atoms with Crippen molar-refractivity contribution >= 4 is 17.2 Å². The molecule has 0 amide bonds. The predicted molar refractivity (Wildman–Crippen MR) is 97.0 cm³/mol. The summed E-state index contributed by atoms with van der Waals surface area (Å²) < 4.78 is 5.53. The molecule has 0 spiro atoms. The van der Waals surface area contributed by atoms with Crippen LogP contribution in [0, 0.1) is 21.4 Å². The summed E-state index contributed by atoms with van der Waals surface area (Å²) in [6, 6.07) is 10.2. The standard InChI is InChI=1S/C18H19N5O3/c1-13-12-22(6-7-26-13)18-5-3-15(11-21-18)10-20-16-4-2-14(9-19)8-17(16)23(24)25/h2-5,8,11,13,20H,6-7,10,12H2,1H3. The van der Waals surface area contributed by atoms with Gasteiger partial charge in [0.25, 0.3) is 5.69 Å². The molecule has 0 radical (unpaired) electrons. The molecule has 3 rings (SSSR count). The first-order valence-electron chi connectivity index (χ1n) is 8.30. The number of nitrogens with zero attached hydrogens (tertiary/aromatic N) is 4. The third-order valence-electron chi connectivity index (χ3n) is 4.18. The molecule has 1 aromatic carbocycles. The highest BCUT2D eigenvalue weighted by Crippen LogP contribution is 2.26. The minimum atomic E-state index is -0.496. The second-order valence-corrected chi connectivity index (χ2v) is 6.11. The maximum Gasteiger partial charge on any atom is 0.293 e. The Hall–Kier alpha value is -3.18. The highest BCUT2D eigenvalue weighted by Gasteiger charge is 2.18. The molecule has 2 heterocycles. The first kappa shape index (κ1) is 17.6. The molecule has 1 aliphatic heterocycles. The zero-order valence-corrected chi connectivity index (χ0v) is 14.4. The third kappa shape index (κ3) is 4.07. The number of anilines is 2. The van der Waals surface area contributed by atoms with Crippen LogP contribution in [0.25, 0.3) is 0 Å². The lowest BCUT2D eigenvalue weighted by atomic mass is 10.2. The number of nitrogens with one attached hydrogen (secondary N) is 1. The Kier molecular flexibility index (Phi) is 5.29. The lowest BCUT2D eigenvalue weighted by Gasteiger charge is -2.32. The van der Waals surface area contributed by atoms with E-state index >= 15 is 0 Å². The molecule has 0 aliphatic carbocycles. The van der Waals surface area contributed by atoms with E-state index in [-0.39, 0.29) is 17.4 Å². The molecular formula is C18H19N5O3. The fourth-order valence-corrected chi connectivity index (χ4v) is 2.83. The highest BCUT2D eigenvalue weighted by atomic mass is 16.6. The number of nitro benzene ring substituents is 1. The highest BCUT2D eigenvalue weighted by molar-refractivity contribution is 5.64. The molecule has 0 saturated carbocycles. The number of pyridine rings is 1. The van der Waals surface area contributed by atoms with Crippen LogP contribution in [0.3, 0.4) is 0 Å². The summed E-state index contributed by atoms with van der Waals surface area (Å²) in [4.78, 5) is 17.3. The molecule has 0 bridgehead atoms. The monoisotopic (exact) mass is 353 g/mol. The van der Waals surface area contributed by atoms with Gasteiger partial charge in [0.2, 0.25) is 0 Å². The largest absolute Gasteiger partial charge is 0.375 e. The van der Waals surface area contributed by atoms with Crippen molar-refractivity contribution in [1.29, 1.82) is 5.26 Å².